The van der Waals surface area contributed by atoms with Crippen molar-refractivity contribution in [1.82, 2.24) is 4.98 Å². The number of fused-ring (bicyclic) bond motifs is 3. The molecule has 0 unspecified atom stereocenters. The number of rotatable bonds is 3. The smallest absolute Gasteiger partial charge is 0.0776 e. The number of aromatic nitrogens is 1. The molecule has 4 rings (SSSR count). The van der Waals surface area contributed by atoms with Crippen LogP contribution in [-0.2, 0) is 0 Å². The minimum Gasteiger partial charge on any atom is -0.256 e. The first-order valence-corrected chi connectivity index (χ1v) is 13.4. The summed E-state index contributed by atoms with van der Waals surface area (Å²) >= 11 is 1.86. The fourth-order valence-electron chi connectivity index (χ4n) is 3.36. The van der Waals surface area contributed by atoms with Crippen LogP contribution in [0.5, 0.6) is 0 Å². The van der Waals surface area contributed by atoms with Gasteiger partial charge in [0.2, 0.25) is 0 Å². The van der Waals surface area contributed by atoms with Gasteiger partial charge in [0, 0.05) is 33.3 Å². The van der Waals surface area contributed by atoms with Crippen molar-refractivity contribution in [3.8, 4) is 11.3 Å². The lowest BCUT2D eigenvalue weighted by Gasteiger charge is -2.16. The Balaban J connectivity index is 1.95. The average Bonchev–Trinajstić information content (AvgIpc) is 2.98. The van der Waals surface area contributed by atoms with Gasteiger partial charge < -0.3 is 0 Å². The fourth-order valence-corrected chi connectivity index (χ4v) is 5.88. The molecule has 26 heavy (non-hydrogen) atoms. The molecule has 0 saturated heterocycles. The Morgan fingerprint density at radius 3 is 2.54 bits per heavy atom. The van der Waals surface area contributed by atoms with E-state index >= 15 is 0 Å². The van der Waals surface area contributed by atoms with Crippen LogP contribution in [0.4, 0.5) is 0 Å². The molecule has 0 amide bonds. The predicted molar refractivity (Wildman–Crippen MR) is 120 cm³/mol. The highest BCUT2D eigenvalue weighted by atomic mass is 32.1. The molecular formula is C23H25NSSi. The highest BCUT2D eigenvalue weighted by molar-refractivity contribution is 7.26. The van der Waals surface area contributed by atoms with Gasteiger partial charge in [0.1, 0.15) is 0 Å². The first-order chi connectivity index (χ1) is 12.6. The molecule has 1 nitrogen and oxygen atoms in total. The maximum absolute atomic E-state index is 8.34. The van der Waals surface area contributed by atoms with Gasteiger partial charge in [0.05, 0.1) is 13.8 Å². The molecule has 0 atom stereocenters. The average molecular weight is 377 g/mol. The lowest BCUT2D eigenvalue weighted by atomic mass is 10.0. The third kappa shape index (κ3) is 2.99. The van der Waals surface area contributed by atoms with Crippen LogP contribution in [0.3, 0.4) is 0 Å². The molecule has 0 spiro atoms. The minimum atomic E-state index is -1.33. The largest absolute Gasteiger partial charge is 0.256 e. The van der Waals surface area contributed by atoms with Crippen LogP contribution >= 0.6 is 11.3 Å². The van der Waals surface area contributed by atoms with Gasteiger partial charge in [-0.25, -0.2) is 0 Å². The molecule has 2 aromatic heterocycles. The van der Waals surface area contributed by atoms with E-state index in [9.17, 15) is 0 Å². The summed E-state index contributed by atoms with van der Waals surface area (Å²) in [5.41, 5.74) is 3.11. The van der Waals surface area contributed by atoms with Crippen molar-refractivity contribution in [2.45, 2.75) is 39.4 Å². The van der Waals surface area contributed by atoms with E-state index in [0.717, 1.165) is 16.8 Å². The molecule has 0 N–H and O–H groups in total. The zero-order chi connectivity index (χ0) is 19.4. The highest BCUT2D eigenvalue weighted by Gasteiger charge is 2.18. The first-order valence-electron chi connectivity index (χ1n) is 9.57. The minimum absolute atomic E-state index is 0.627. The van der Waals surface area contributed by atoms with E-state index in [1.165, 1.54) is 25.4 Å². The van der Waals surface area contributed by atoms with Gasteiger partial charge in [-0.05, 0) is 29.7 Å². The van der Waals surface area contributed by atoms with Crippen molar-refractivity contribution in [2.75, 3.05) is 0 Å². The Morgan fingerprint density at radius 1 is 1.00 bits per heavy atom. The standard InChI is InChI=1S/C23H25NSSi/c1-15(2)16-11-12-24-21(13-16)20-8-6-7-19-18-10-9-17(26(3,4)5)14-22(18)25-23(19)20/h6-15H,1-5H3/i15D. The number of nitrogens with zero attached hydrogens (tertiary/aromatic N) is 1. The lowest BCUT2D eigenvalue weighted by Crippen LogP contribution is -2.37. The van der Waals surface area contributed by atoms with Crippen LogP contribution in [-0.4, -0.2) is 13.1 Å². The Morgan fingerprint density at radius 2 is 1.81 bits per heavy atom. The van der Waals surface area contributed by atoms with Gasteiger partial charge in [0.25, 0.3) is 0 Å². The maximum atomic E-state index is 8.34. The fraction of sp³-hybridized carbons (Fsp3) is 0.261. The second-order valence-corrected chi connectivity index (χ2v) is 14.3. The lowest BCUT2D eigenvalue weighted by molar-refractivity contribution is 0.864. The summed E-state index contributed by atoms with van der Waals surface area (Å²) in [6, 6.07) is 17.5. The highest BCUT2D eigenvalue weighted by Crippen LogP contribution is 2.39. The van der Waals surface area contributed by atoms with Crippen LogP contribution in [0.15, 0.2) is 54.7 Å². The zero-order valence-corrected chi connectivity index (χ0v) is 17.9. The van der Waals surface area contributed by atoms with E-state index in [0.29, 0.717) is 0 Å². The molecule has 0 aliphatic rings. The Kier molecular flexibility index (Phi) is 3.95. The number of thiophene rings is 1. The van der Waals surface area contributed by atoms with Crippen LogP contribution in [0.25, 0.3) is 31.4 Å². The SMILES string of the molecule is [2H]C(C)(C)c1ccnc(-c2cccc3c2sc2cc([Si](C)(C)C)ccc23)c1. The summed E-state index contributed by atoms with van der Waals surface area (Å²) in [7, 11) is -1.33. The van der Waals surface area contributed by atoms with Gasteiger partial charge in [-0.15, -0.1) is 11.3 Å². The molecule has 0 aliphatic heterocycles. The van der Waals surface area contributed by atoms with Gasteiger partial charge in [-0.2, -0.15) is 0 Å². The van der Waals surface area contributed by atoms with Crippen molar-refractivity contribution >= 4 is 44.8 Å². The molecule has 0 saturated carbocycles. The van der Waals surface area contributed by atoms with Crippen LogP contribution in [0, 0.1) is 0 Å². The van der Waals surface area contributed by atoms with Gasteiger partial charge >= 0.3 is 0 Å². The Labute approximate surface area is 162 Å². The second kappa shape index (κ2) is 6.33. The van der Waals surface area contributed by atoms with Crippen LogP contribution in [0.2, 0.25) is 19.6 Å². The third-order valence-corrected chi connectivity index (χ3v) is 8.22. The quantitative estimate of drug-likeness (QED) is 0.359. The van der Waals surface area contributed by atoms with E-state index in [1.807, 2.05) is 37.4 Å². The molecule has 2 heterocycles. The molecule has 0 fully saturated rings. The van der Waals surface area contributed by atoms with E-state index in [1.54, 1.807) is 0 Å². The van der Waals surface area contributed by atoms with Crippen LogP contribution in [0.1, 0.15) is 26.7 Å². The molecular weight excluding hydrogens is 350 g/mol. The molecule has 2 aromatic carbocycles. The molecule has 132 valence electrons. The summed E-state index contributed by atoms with van der Waals surface area (Å²) < 4.78 is 11.0. The van der Waals surface area contributed by atoms with Crippen molar-refractivity contribution < 1.29 is 1.37 Å². The normalized spacial score (nSPS) is 13.3. The molecule has 0 bridgehead atoms. The summed E-state index contributed by atoms with van der Waals surface area (Å²) in [5.74, 6) is -0.627. The van der Waals surface area contributed by atoms with E-state index < -0.39 is 14.0 Å². The van der Waals surface area contributed by atoms with Crippen molar-refractivity contribution in [1.29, 1.82) is 0 Å². The molecule has 3 heteroatoms. The Hall–Kier alpha value is -1.97. The van der Waals surface area contributed by atoms with Gasteiger partial charge in [-0.3, -0.25) is 4.98 Å². The summed E-state index contributed by atoms with van der Waals surface area (Å²) in [5, 5.41) is 4.13. The number of benzene rings is 2. The number of pyridine rings is 1. The van der Waals surface area contributed by atoms with Crippen molar-refractivity contribution in [3.63, 3.8) is 0 Å². The Bertz CT molecular complexity index is 1150. The summed E-state index contributed by atoms with van der Waals surface area (Å²) in [6.45, 7) is 11.0. The van der Waals surface area contributed by atoms with E-state index in [-0.39, 0.29) is 0 Å². The first kappa shape index (κ1) is 16.2. The van der Waals surface area contributed by atoms with Gasteiger partial charge in [-0.1, -0.05) is 69.0 Å². The molecule has 0 aliphatic carbocycles. The molecule has 0 radical (unpaired) electrons. The summed E-state index contributed by atoms with van der Waals surface area (Å²) in [6.07, 6.45) is 1.83. The van der Waals surface area contributed by atoms with E-state index in [2.05, 4.69) is 67.1 Å². The molecule has 4 aromatic rings. The monoisotopic (exact) mass is 376 g/mol. The second-order valence-electron chi connectivity index (χ2n) is 8.18. The predicted octanol–water partition coefficient (Wildman–Crippen LogP) is 6.79. The van der Waals surface area contributed by atoms with Gasteiger partial charge in [0.15, 0.2) is 0 Å². The topological polar surface area (TPSA) is 12.9 Å². The number of hydrogen-bond acceptors (Lipinski definition) is 2. The van der Waals surface area contributed by atoms with E-state index in [4.69, 9.17) is 1.37 Å². The van der Waals surface area contributed by atoms with Crippen molar-refractivity contribution in [3.05, 3.63) is 60.3 Å². The van der Waals surface area contributed by atoms with Crippen LogP contribution < -0.4 is 5.19 Å². The maximum Gasteiger partial charge on any atom is 0.0776 e. The number of hydrogen-bond donors (Lipinski definition) is 0. The third-order valence-electron chi connectivity index (χ3n) is 4.98. The summed E-state index contributed by atoms with van der Waals surface area (Å²) in [4.78, 5) is 4.63. The zero-order valence-electron chi connectivity index (χ0n) is 17.1. The van der Waals surface area contributed by atoms with Crippen molar-refractivity contribution in [2.24, 2.45) is 0 Å².